The topological polar surface area (TPSA) is 55.6 Å². The number of hydrogen-bond acceptors (Lipinski definition) is 3. The molecule has 4 heteroatoms. The fourth-order valence-electron chi connectivity index (χ4n) is 5.29. The second-order valence-corrected chi connectivity index (χ2v) is 7.39. The van der Waals surface area contributed by atoms with Crippen LogP contribution < -0.4 is 5.73 Å². The van der Waals surface area contributed by atoms with Crippen LogP contribution >= 0.6 is 0 Å². The van der Waals surface area contributed by atoms with Gasteiger partial charge in [-0.1, -0.05) is 0 Å². The SMILES string of the molecule is COCC(N)CN(C)C(=O)C1C2CC3CC(C2)CC1C3. The quantitative estimate of drug-likeness (QED) is 0.830. The number of hydrogen-bond donors (Lipinski definition) is 1. The first-order valence-corrected chi connectivity index (χ1v) is 8.08. The summed E-state index contributed by atoms with van der Waals surface area (Å²) in [6.07, 6.45) is 6.61. The number of nitrogens with zero attached hydrogens (tertiary/aromatic N) is 1. The minimum atomic E-state index is -0.0780. The predicted octanol–water partition coefficient (Wildman–Crippen LogP) is 1.49. The molecule has 0 radical (unpaired) electrons. The average Bonchev–Trinajstić information content (AvgIpc) is 2.37. The maximum atomic E-state index is 12.8. The summed E-state index contributed by atoms with van der Waals surface area (Å²) in [5.74, 6) is 3.76. The molecule has 4 fully saturated rings. The van der Waals surface area contributed by atoms with Crippen LogP contribution in [0, 0.1) is 29.6 Å². The Labute approximate surface area is 122 Å². The molecule has 4 aliphatic rings. The largest absolute Gasteiger partial charge is 0.383 e. The highest BCUT2D eigenvalue weighted by atomic mass is 16.5. The van der Waals surface area contributed by atoms with Crippen LogP contribution in [0.1, 0.15) is 32.1 Å². The number of rotatable bonds is 5. The molecule has 0 aromatic carbocycles. The van der Waals surface area contributed by atoms with Crippen molar-refractivity contribution in [3.8, 4) is 0 Å². The van der Waals surface area contributed by atoms with E-state index in [-0.39, 0.29) is 12.0 Å². The van der Waals surface area contributed by atoms with E-state index in [4.69, 9.17) is 10.5 Å². The molecule has 0 heterocycles. The highest BCUT2D eigenvalue weighted by molar-refractivity contribution is 5.79. The summed E-state index contributed by atoms with van der Waals surface area (Å²) in [5.41, 5.74) is 5.98. The summed E-state index contributed by atoms with van der Waals surface area (Å²) in [4.78, 5) is 14.7. The van der Waals surface area contributed by atoms with E-state index in [0.29, 0.717) is 30.9 Å². The Morgan fingerprint density at radius 2 is 1.75 bits per heavy atom. The van der Waals surface area contributed by atoms with Gasteiger partial charge in [0.2, 0.25) is 5.91 Å². The fraction of sp³-hybridized carbons (Fsp3) is 0.938. The number of carbonyl (C=O) groups is 1. The predicted molar refractivity (Wildman–Crippen MR) is 78.0 cm³/mol. The van der Waals surface area contributed by atoms with Gasteiger partial charge in [0.25, 0.3) is 0 Å². The van der Waals surface area contributed by atoms with Gasteiger partial charge in [0.05, 0.1) is 6.61 Å². The van der Waals surface area contributed by atoms with Gasteiger partial charge in [-0.25, -0.2) is 0 Å². The van der Waals surface area contributed by atoms with Crippen LogP contribution in [0.4, 0.5) is 0 Å². The van der Waals surface area contributed by atoms with Crippen molar-refractivity contribution in [2.75, 3.05) is 27.3 Å². The average molecular weight is 280 g/mol. The van der Waals surface area contributed by atoms with Crippen molar-refractivity contribution in [1.29, 1.82) is 0 Å². The first-order chi connectivity index (χ1) is 9.58. The van der Waals surface area contributed by atoms with E-state index < -0.39 is 0 Å². The molecule has 0 aromatic heterocycles. The number of amides is 1. The summed E-state index contributed by atoms with van der Waals surface area (Å²) in [6.45, 7) is 1.12. The number of methoxy groups -OCH3 is 1. The highest BCUT2D eigenvalue weighted by Crippen LogP contribution is 2.56. The Morgan fingerprint density at radius 3 is 2.25 bits per heavy atom. The lowest BCUT2D eigenvalue weighted by Crippen LogP contribution is -2.52. The zero-order chi connectivity index (χ0) is 14.3. The lowest BCUT2D eigenvalue weighted by molar-refractivity contribution is -0.148. The molecule has 1 amide bonds. The van der Waals surface area contributed by atoms with E-state index in [1.54, 1.807) is 7.11 Å². The van der Waals surface area contributed by atoms with Gasteiger partial charge in [0.15, 0.2) is 0 Å². The van der Waals surface area contributed by atoms with Crippen molar-refractivity contribution in [2.24, 2.45) is 35.3 Å². The lowest BCUT2D eigenvalue weighted by atomic mass is 9.51. The third kappa shape index (κ3) is 2.60. The molecule has 0 saturated heterocycles. The van der Waals surface area contributed by atoms with E-state index in [0.717, 1.165) is 11.8 Å². The maximum Gasteiger partial charge on any atom is 0.226 e. The zero-order valence-corrected chi connectivity index (χ0v) is 12.8. The van der Waals surface area contributed by atoms with Crippen molar-refractivity contribution >= 4 is 5.91 Å². The van der Waals surface area contributed by atoms with Crippen LogP contribution in [0.5, 0.6) is 0 Å². The van der Waals surface area contributed by atoms with E-state index in [1.165, 1.54) is 32.1 Å². The molecule has 20 heavy (non-hydrogen) atoms. The van der Waals surface area contributed by atoms with E-state index in [2.05, 4.69) is 0 Å². The Morgan fingerprint density at radius 1 is 1.20 bits per heavy atom. The zero-order valence-electron chi connectivity index (χ0n) is 12.8. The Kier molecular flexibility index (Phi) is 4.04. The van der Waals surface area contributed by atoms with E-state index in [1.807, 2.05) is 11.9 Å². The number of ether oxygens (including phenoxy) is 1. The van der Waals surface area contributed by atoms with Crippen molar-refractivity contribution in [3.05, 3.63) is 0 Å². The first-order valence-electron chi connectivity index (χ1n) is 8.08. The molecule has 4 saturated carbocycles. The molecule has 0 aromatic rings. The molecule has 0 aliphatic heterocycles. The Bertz CT molecular complexity index is 343. The molecule has 2 N–H and O–H groups in total. The van der Waals surface area contributed by atoms with Crippen molar-refractivity contribution < 1.29 is 9.53 Å². The molecule has 114 valence electrons. The lowest BCUT2D eigenvalue weighted by Gasteiger charge is -2.54. The van der Waals surface area contributed by atoms with Crippen molar-refractivity contribution in [2.45, 2.75) is 38.1 Å². The maximum absolute atomic E-state index is 12.8. The van der Waals surface area contributed by atoms with Crippen molar-refractivity contribution in [1.82, 2.24) is 4.90 Å². The summed E-state index contributed by atoms with van der Waals surface area (Å²) >= 11 is 0. The number of nitrogens with two attached hydrogens (primary N) is 1. The number of likely N-dealkylation sites (N-methyl/N-ethyl adjacent to an activating group) is 1. The minimum Gasteiger partial charge on any atom is -0.383 e. The molecule has 4 bridgehead atoms. The molecule has 1 unspecified atom stereocenters. The monoisotopic (exact) mass is 280 g/mol. The third-order valence-electron chi connectivity index (χ3n) is 5.78. The van der Waals surface area contributed by atoms with Crippen LogP contribution in [0.25, 0.3) is 0 Å². The number of carbonyl (C=O) groups excluding carboxylic acids is 1. The molecular formula is C16H28N2O2. The van der Waals surface area contributed by atoms with Gasteiger partial charge < -0.3 is 15.4 Å². The molecule has 0 spiro atoms. The summed E-state index contributed by atoms with van der Waals surface area (Å²) in [7, 11) is 3.56. The summed E-state index contributed by atoms with van der Waals surface area (Å²) in [6, 6.07) is -0.0780. The van der Waals surface area contributed by atoms with Gasteiger partial charge in [0, 0.05) is 32.7 Å². The van der Waals surface area contributed by atoms with Crippen LogP contribution in [0.3, 0.4) is 0 Å². The first kappa shape index (κ1) is 14.3. The van der Waals surface area contributed by atoms with Gasteiger partial charge in [-0.15, -0.1) is 0 Å². The summed E-state index contributed by atoms with van der Waals surface area (Å²) in [5, 5.41) is 0. The molecule has 1 atom stereocenters. The van der Waals surface area contributed by atoms with E-state index in [9.17, 15) is 4.79 Å². The Balaban J connectivity index is 1.62. The van der Waals surface area contributed by atoms with Crippen LogP contribution in [-0.4, -0.2) is 44.2 Å². The van der Waals surface area contributed by atoms with Crippen LogP contribution in [-0.2, 0) is 9.53 Å². The standard InChI is InChI=1S/C16H28N2O2/c1-18(8-14(17)9-20-2)16(19)15-12-4-10-3-11(6-12)7-13(15)5-10/h10-15H,3-9,17H2,1-2H3. The molecule has 4 nitrogen and oxygen atoms in total. The third-order valence-corrected chi connectivity index (χ3v) is 5.78. The summed E-state index contributed by atoms with van der Waals surface area (Å²) < 4.78 is 5.06. The van der Waals surface area contributed by atoms with E-state index >= 15 is 0 Å². The molecule has 4 rings (SSSR count). The minimum absolute atomic E-state index is 0.0780. The molecular weight excluding hydrogens is 252 g/mol. The van der Waals surface area contributed by atoms with Crippen LogP contribution in [0.15, 0.2) is 0 Å². The van der Waals surface area contributed by atoms with Gasteiger partial charge >= 0.3 is 0 Å². The normalized spacial score (nSPS) is 39.9. The van der Waals surface area contributed by atoms with Crippen molar-refractivity contribution in [3.63, 3.8) is 0 Å². The van der Waals surface area contributed by atoms with Gasteiger partial charge in [0.1, 0.15) is 0 Å². The fourth-order valence-corrected chi connectivity index (χ4v) is 5.29. The highest BCUT2D eigenvalue weighted by Gasteiger charge is 2.51. The van der Waals surface area contributed by atoms with Crippen LogP contribution in [0.2, 0.25) is 0 Å². The smallest absolute Gasteiger partial charge is 0.226 e. The van der Waals surface area contributed by atoms with Gasteiger partial charge in [-0.2, -0.15) is 0 Å². The second-order valence-electron chi connectivity index (χ2n) is 7.39. The Hall–Kier alpha value is -0.610. The molecule has 4 aliphatic carbocycles. The van der Waals surface area contributed by atoms with Gasteiger partial charge in [-0.3, -0.25) is 4.79 Å². The van der Waals surface area contributed by atoms with Gasteiger partial charge in [-0.05, 0) is 55.8 Å². The second kappa shape index (κ2) is 5.64.